The third kappa shape index (κ3) is 5.48. The van der Waals surface area contributed by atoms with E-state index in [1.807, 2.05) is 19.9 Å². The van der Waals surface area contributed by atoms with Crippen LogP contribution in [0.15, 0.2) is 11.6 Å². The van der Waals surface area contributed by atoms with E-state index < -0.39 is 0 Å². The van der Waals surface area contributed by atoms with Crippen LogP contribution < -0.4 is 0 Å². The molecule has 0 aromatic rings. The van der Waals surface area contributed by atoms with Gasteiger partial charge in [-0.1, -0.05) is 33.3 Å². The van der Waals surface area contributed by atoms with Gasteiger partial charge in [0.1, 0.15) is 6.10 Å². The fraction of sp³-hybridized carbons (Fsp3) is 0.765. The average molecular weight is 280 g/mol. The molecule has 0 aliphatic carbocycles. The molecule has 3 nitrogen and oxygen atoms in total. The van der Waals surface area contributed by atoms with Crippen molar-refractivity contribution in [2.45, 2.75) is 72.3 Å². The van der Waals surface area contributed by atoms with Crippen molar-refractivity contribution in [2.75, 3.05) is 0 Å². The van der Waals surface area contributed by atoms with Gasteiger partial charge in [0, 0.05) is 6.42 Å². The van der Waals surface area contributed by atoms with Gasteiger partial charge in [0.05, 0.1) is 5.92 Å². The highest BCUT2D eigenvalue weighted by atomic mass is 16.5. The van der Waals surface area contributed by atoms with E-state index >= 15 is 0 Å². The number of ether oxygens (including phenoxy) is 1. The van der Waals surface area contributed by atoms with E-state index in [1.165, 1.54) is 0 Å². The van der Waals surface area contributed by atoms with Crippen LogP contribution in [0.2, 0.25) is 0 Å². The summed E-state index contributed by atoms with van der Waals surface area (Å²) in [6.07, 6.45) is 6.94. The summed E-state index contributed by atoms with van der Waals surface area (Å²) in [4.78, 5) is 24.0. The Bertz CT molecular complexity index is 368. The van der Waals surface area contributed by atoms with Gasteiger partial charge in [0.2, 0.25) is 0 Å². The molecule has 2 atom stereocenters. The predicted molar refractivity (Wildman–Crippen MR) is 80.3 cm³/mol. The van der Waals surface area contributed by atoms with Crippen LogP contribution in [0.25, 0.3) is 0 Å². The summed E-state index contributed by atoms with van der Waals surface area (Å²) in [6, 6.07) is 0. The van der Waals surface area contributed by atoms with Crippen LogP contribution in [-0.2, 0) is 14.3 Å². The van der Waals surface area contributed by atoms with E-state index in [1.54, 1.807) is 0 Å². The Balaban J connectivity index is 2.65. The molecule has 0 saturated carbocycles. The molecule has 0 N–H and O–H groups in total. The molecule has 0 spiro atoms. The third-order valence-electron chi connectivity index (χ3n) is 3.91. The summed E-state index contributed by atoms with van der Waals surface area (Å²) in [7, 11) is 0. The average Bonchev–Trinajstić information content (AvgIpc) is 2.38. The lowest BCUT2D eigenvalue weighted by atomic mass is 9.90. The quantitative estimate of drug-likeness (QED) is 0.563. The standard InChI is InChI=1S/C17H28O3/c1-12(2)10-11-13(3)17(19)14(4)15-8-6-5-7-9-16(18)20-15/h11-12,14-15H,5-10H2,1-4H3/b13-11+/t14-,15+/m1/s1. The lowest BCUT2D eigenvalue weighted by Crippen LogP contribution is -2.32. The highest BCUT2D eigenvalue weighted by Gasteiger charge is 2.28. The fourth-order valence-electron chi connectivity index (χ4n) is 2.47. The molecule has 0 amide bonds. The first-order valence-electron chi connectivity index (χ1n) is 7.82. The predicted octanol–water partition coefficient (Wildman–Crippen LogP) is 4.06. The van der Waals surface area contributed by atoms with Gasteiger partial charge in [0.25, 0.3) is 0 Å². The van der Waals surface area contributed by atoms with E-state index in [4.69, 9.17) is 4.74 Å². The largest absolute Gasteiger partial charge is 0.462 e. The number of Topliss-reactive ketones (excluding diaryl/α,β-unsaturated/α-hetero) is 1. The first-order valence-corrected chi connectivity index (χ1v) is 7.82. The Hall–Kier alpha value is -1.12. The Labute approximate surface area is 122 Å². The molecule has 0 aromatic heterocycles. The fourth-order valence-corrected chi connectivity index (χ4v) is 2.47. The summed E-state index contributed by atoms with van der Waals surface area (Å²) in [6.45, 7) is 8.02. The third-order valence-corrected chi connectivity index (χ3v) is 3.91. The smallest absolute Gasteiger partial charge is 0.306 e. The molecule has 1 aliphatic heterocycles. The van der Waals surface area contributed by atoms with E-state index in [-0.39, 0.29) is 23.8 Å². The molecule has 3 heteroatoms. The Morgan fingerprint density at radius 3 is 2.65 bits per heavy atom. The van der Waals surface area contributed by atoms with Crippen LogP contribution in [0, 0.1) is 11.8 Å². The molecule has 1 fully saturated rings. The molecule has 1 rings (SSSR count). The summed E-state index contributed by atoms with van der Waals surface area (Å²) < 4.78 is 5.46. The number of carbonyl (C=O) groups is 2. The zero-order chi connectivity index (χ0) is 15.1. The molecule has 0 unspecified atom stereocenters. The van der Waals surface area contributed by atoms with E-state index in [0.29, 0.717) is 12.3 Å². The lowest BCUT2D eigenvalue weighted by molar-refractivity contribution is -0.154. The second-order valence-corrected chi connectivity index (χ2v) is 6.30. The second kappa shape index (κ2) is 8.23. The molecule has 0 bridgehead atoms. The molecule has 1 heterocycles. The topological polar surface area (TPSA) is 43.4 Å². The molecular weight excluding hydrogens is 252 g/mol. The number of hydrogen-bond acceptors (Lipinski definition) is 3. The minimum absolute atomic E-state index is 0.115. The molecule has 20 heavy (non-hydrogen) atoms. The zero-order valence-corrected chi connectivity index (χ0v) is 13.3. The van der Waals surface area contributed by atoms with Crippen LogP contribution in [0.3, 0.4) is 0 Å². The zero-order valence-electron chi connectivity index (χ0n) is 13.3. The molecule has 114 valence electrons. The van der Waals surface area contributed by atoms with Crippen molar-refractivity contribution in [3.05, 3.63) is 11.6 Å². The van der Waals surface area contributed by atoms with Crippen LogP contribution in [0.4, 0.5) is 0 Å². The highest BCUT2D eigenvalue weighted by Crippen LogP contribution is 2.23. The van der Waals surface area contributed by atoms with E-state index in [9.17, 15) is 9.59 Å². The molecule has 1 saturated heterocycles. The lowest BCUT2D eigenvalue weighted by Gasteiger charge is -2.25. The van der Waals surface area contributed by atoms with Crippen molar-refractivity contribution in [2.24, 2.45) is 11.8 Å². The van der Waals surface area contributed by atoms with Crippen LogP contribution in [0.1, 0.15) is 66.2 Å². The number of ketones is 1. The molecule has 0 radical (unpaired) electrons. The van der Waals surface area contributed by atoms with Gasteiger partial charge in [-0.2, -0.15) is 0 Å². The monoisotopic (exact) mass is 280 g/mol. The number of hydrogen-bond donors (Lipinski definition) is 0. The second-order valence-electron chi connectivity index (χ2n) is 6.30. The Kier molecular flexibility index (Phi) is 6.97. The SMILES string of the molecule is C/C(=C\CC(C)C)C(=O)[C@H](C)[C@@H]1CCCCCC(=O)O1. The number of rotatable bonds is 5. The van der Waals surface area contributed by atoms with Gasteiger partial charge in [-0.15, -0.1) is 0 Å². The maximum absolute atomic E-state index is 12.4. The number of carbonyl (C=O) groups excluding carboxylic acids is 2. The number of cyclic esters (lactones) is 1. The van der Waals surface area contributed by atoms with Crippen molar-refractivity contribution in [3.8, 4) is 0 Å². The van der Waals surface area contributed by atoms with Crippen molar-refractivity contribution in [1.82, 2.24) is 0 Å². The Morgan fingerprint density at radius 1 is 1.30 bits per heavy atom. The minimum atomic E-state index is -0.252. The van der Waals surface area contributed by atoms with Gasteiger partial charge in [0.15, 0.2) is 5.78 Å². The van der Waals surface area contributed by atoms with Gasteiger partial charge in [-0.3, -0.25) is 9.59 Å². The number of esters is 1. The van der Waals surface area contributed by atoms with Crippen molar-refractivity contribution in [1.29, 1.82) is 0 Å². The van der Waals surface area contributed by atoms with Gasteiger partial charge < -0.3 is 4.74 Å². The maximum atomic E-state index is 12.4. The van der Waals surface area contributed by atoms with E-state index in [0.717, 1.165) is 37.7 Å². The molecule has 0 aromatic carbocycles. The minimum Gasteiger partial charge on any atom is -0.462 e. The van der Waals surface area contributed by atoms with Crippen molar-refractivity contribution in [3.63, 3.8) is 0 Å². The van der Waals surface area contributed by atoms with Crippen LogP contribution in [-0.4, -0.2) is 17.9 Å². The van der Waals surface area contributed by atoms with Gasteiger partial charge >= 0.3 is 5.97 Å². The Morgan fingerprint density at radius 2 is 2.00 bits per heavy atom. The normalized spacial score (nSPS) is 22.9. The van der Waals surface area contributed by atoms with Crippen LogP contribution >= 0.6 is 0 Å². The van der Waals surface area contributed by atoms with Gasteiger partial charge in [-0.25, -0.2) is 0 Å². The summed E-state index contributed by atoms with van der Waals surface area (Å²) in [5.41, 5.74) is 0.796. The molecular formula is C17H28O3. The van der Waals surface area contributed by atoms with Gasteiger partial charge in [-0.05, 0) is 44.1 Å². The van der Waals surface area contributed by atoms with Crippen molar-refractivity contribution < 1.29 is 14.3 Å². The van der Waals surface area contributed by atoms with Crippen LogP contribution in [0.5, 0.6) is 0 Å². The van der Waals surface area contributed by atoms with Crippen molar-refractivity contribution >= 4 is 11.8 Å². The summed E-state index contributed by atoms with van der Waals surface area (Å²) >= 11 is 0. The first-order chi connectivity index (χ1) is 9.41. The summed E-state index contributed by atoms with van der Waals surface area (Å²) in [5.74, 6) is 0.273. The number of allylic oxidation sites excluding steroid dienone is 2. The highest BCUT2D eigenvalue weighted by molar-refractivity contribution is 5.96. The first kappa shape index (κ1) is 16.9. The molecule has 1 aliphatic rings. The van der Waals surface area contributed by atoms with E-state index in [2.05, 4.69) is 13.8 Å². The summed E-state index contributed by atoms with van der Waals surface area (Å²) in [5, 5.41) is 0. The maximum Gasteiger partial charge on any atom is 0.306 e.